The van der Waals surface area contributed by atoms with Crippen LogP contribution < -0.4 is 10.2 Å². The molecule has 0 aliphatic heterocycles. The number of urea groups is 1. The van der Waals surface area contributed by atoms with E-state index in [0.29, 0.717) is 13.1 Å². The maximum absolute atomic E-state index is 14.3. The average Bonchev–Trinajstić information content (AvgIpc) is 2.94. The number of hydrogen-bond donors (Lipinski definition) is 2. The van der Waals surface area contributed by atoms with Gasteiger partial charge < -0.3 is 20.2 Å². The number of amides is 2. The van der Waals surface area contributed by atoms with E-state index in [9.17, 15) is 9.90 Å². The molecule has 1 fully saturated rings. The van der Waals surface area contributed by atoms with Crippen LogP contribution in [-0.4, -0.2) is 36.7 Å². The molecular formula is C35H47N3O2. The molecule has 2 amide bonds. The van der Waals surface area contributed by atoms with Gasteiger partial charge in [-0.25, -0.2) is 4.79 Å². The summed E-state index contributed by atoms with van der Waals surface area (Å²) in [5.74, 6) is 0.812. The molecule has 1 aliphatic carbocycles. The fourth-order valence-electron chi connectivity index (χ4n) is 6.15. The van der Waals surface area contributed by atoms with Crippen molar-refractivity contribution in [2.45, 2.75) is 83.6 Å². The van der Waals surface area contributed by atoms with Crippen molar-refractivity contribution in [3.05, 3.63) is 89.0 Å². The van der Waals surface area contributed by atoms with E-state index in [2.05, 4.69) is 94.5 Å². The van der Waals surface area contributed by atoms with E-state index in [1.54, 1.807) is 12.1 Å². The Bertz CT molecular complexity index is 1250. The first-order chi connectivity index (χ1) is 19.1. The number of anilines is 2. The smallest absolute Gasteiger partial charge is 0.322 e. The molecule has 0 aromatic heterocycles. The van der Waals surface area contributed by atoms with Gasteiger partial charge in [-0.15, -0.1) is 0 Å². The maximum atomic E-state index is 14.3. The first-order valence-electron chi connectivity index (χ1n) is 14.8. The number of hydrogen-bond acceptors (Lipinski definition) is 3. The third-order valence-corrected chi connectivity index (χ3v) is 8.48. The highest BCUT2D eigenvalue weighted by molar-refractivity contribution is 5.91. The van der Waals surface area contributed by atoms with Gasteiger partial charge in [0.1, 0.15) is 5.75 Å². The van der Waals surface area contributed by atoms with Crippen molar-refractivity contribution in [1.29, 1.82) is 0 Å². The topological polar surface area (TPSA) is 55.8 Å². The fraction of sp³-hybridized carbons (Fsp3) is 0.457. The minimum absolute atomic E-state index is 0.0724. The van der Waals surface area contributed by atoms with Gasteiger partial charge in [-0.3, -0.25) is 0 Å². The van der Waals surface area contributed by atoms with Crippen molar-refractivity contribution < 1.29 is 9.90 Å². The van der Waals surface area contributed by atoms with E-state index in [-0.39, 0.29) is 29.0 Å². The second-order valence-electron chi connectivity index (χ2n) is 12.4. The van der Waals surface area contributed by atoms with Crippen LogP contribution in [0.15, 0.2) is 66.7 Å². The maximum Gasteiger partial charge on any atom is 0.322 e. The fourth-order valence-corrected chi connectivity index (χ4v) is 6.15. The molecule has 1 aliphatic rings. The molecule has 2 N–H and O–H groups in total. The normalized spacial score (nSPS) is 14.8. The molecule has 0 heterocycles. The molecule has 40 heavy (non-hydrogen) atoms. The van der Waals surface area contributed by atoms with Crippen LogP contribution in [0.2, 0.25) is 0 Å². The van der Waals surface area contributed by atoms with Gasteiger partial charge in [0, 0.05) is 44.0 Å². The summed E-state index contributed by atoms with van der Waals surface area (Å²) in [6.45, 7) is 9.83. The average molecular weight is 542 g/mol. The molecule has 4 rings (SSSR count). The van der Waals surface area contributed by atoms with Crippen LogP contribution in [0.25, 0.3) is 0 Å². The highest BCUT2D eigenvalue weighted by atomic mass is 16.3. The van der Waals surface area contributed by atoms with Crippen LogP contribution in [0, 0.1) is 0 Å². The zero-order chi connectivity index (χ0) is 28.9. The standard InChI is InChI=1S/C35H47N3O2/c1-25(2)31-14-11-15-32(26(3)4)33(31)36-34(40)38(23-27-16-18-30(39)19-17-27)24-35(20-8-7-9-21-35)28-12-10-13-29(22-28)37(5)6/h10-19,22,25-26,39H,7-9,20-21,23-24H2,1-6H3,(H,36,40). The van der Waals surface area contributed by atoms with Gasteiger partial charge in [0.05, 0.1) is 0 Å². The largest absolute Gasteiger partial charge is 0.508 e. The molecule has 0 atom stereocenters. The highest BCUT2D eigenvalue weighted by Crippen LogP contribution is 2.42. The molecule has 0 unspecified atom stereocenters. The predicted octanol–water partition coefficient (Wildman–Crippen LogP) is 8.64. The number of aromatic hydroxyl groups is 1. The Morgan fingerprint density at radius 3 is 2.05 bits per heavy atom. The first-order valence-corrected chi connectivity index (χ1v) is 14.8. The summed E-state index contributed by atoms with van der Waals surface area (Å²) in [6.07, 6.45) is 5.67. The lowest BCUT2D eigenvalue weighted by Gasteiger charge is -2.42. The Morgan fingerprint density at radius 1 is 0.875 bits per heavy atom. The Kier molecular flexibility index (Phi) is 9.44. The van der Waals surface area contributed by atoms with E-state index < -0.39 is 0 Å². The summed E-state index contributed by atoms with van der Waals surface area (Å²) >= 11 is 0. The van der Waals surface area contributed by atoms with Gasteiger partial charge in [-0.05, 0) is 71.2 Å². The second-order valence-corrected chi connectivity index (χ2v) is 12.4. The van der Waals surface area contributed by atoms with Crippen LogP contribution in [0.5, 0.6) is 5.75 Å². The summed E-state index contributed by atoms with van der Waals surface area (Å²) in [5, 5.41) is 13.3. The lowest BCUT2D eigenvalue weighted by atomic mass is 9.69. The lowest BCUT2D eigenvalue weighted by Crippen LogP contribution is -2.46. The summed E-state index contributed by atoms with van der Waals surface area (Å²) in [6, 6.07) is 22.4. The SMILES string of the molecule is CC(C)c1cccc(C(C)C)c1NC(=O)N(Cc1ccc(O)cc1)CC1(c2cccc(N(C)C)c2)CCCCC1. The number of carbonyl (C=O) groups is 1. The zero-order valence-electron chi connectivity index (χ0n) is 25.2. The number of rotatable bonds is 9. The van der Waals surface area contributed by atoms with Gasteiger partial charge in [0.2, 0.25) is 0 Å². The molecule has 0 bridgehead atoms. The predicted molar refractivity (Wildman–Crippen MR) is 168 cm³/mol. The molecule has 5 heteroatoms. The van der Waals surface area contributed by atoms with Gasteiger partial charge >= 0.3 is 6.03 Å². The van der Waals surface area contributed by atoms with Gasteiger partial charge in [-0.1, -0.05) is 89.4 Å². The summed E-state index contributed by atoms with van der Waals surface area (Å²) < 4.78 is 0. The monoisotopic (exact) mass is 541 g/mol. The van der Waals surface area contributed by atoms with Crippen molar-refractivity contribution in [2.75, 3.05) is 30.9 Å². The molecular weight excluding hydrogens is 494 g/mol. The van der Waals surface area contributed by atoms with E-state index in [0.717, 1.165) is 48.1 Å². The Balaban J connectivity index is 1.75. The molecule has 0 spiro atoms. The molecule has 214 valence electrons. The summed E-state index contributed by atoms with van der Waals surface area (Å²) in [5.41, 5.74) is 6.65. The Hall–Kier alpha value is -3.47. The van der Waals surface area contributed by atoms with Crippen LogP contribution in [0.3, 0.4) is 0 Å². The second kappa shape index (κ2) is 12.8. The van der Waals surface area contributed by atoms with Crippen LogP contribution >= 0.6 is 0 Å². The number of benzene rings is 3. The van der Waals surface area contributed by atoms with E-state index in [1.165, 1.54) is 17.7 Å². The van der Waals surface area contributed by atoms with Crippen molar-refractivity contribution >= 4 is 17.4 Å². The quantitative estimate of drug-likeness (QED) is 0.285. The van der Waals surface area contributed by atoms with Crippen LogP contribution in [0.4, 0.5) is 16.2 Å². The molecule has 5 nitrogen and oxygen atoms in total. The molecule has 3 aromatic carbocycles. The molecule has 1 saturated carbocycles. The summed E-state index contributed by atoms with van der Waals surface area (Å²) in [4.78, 5) is 18.5. The number of nitrogens with zero attached hydrogens (tertiary/aromatic N) is 2. The van der Waals surface area contributed by atoms with Crippen molar-refractivity contribution in [1.82, 2.24) is 4.90 Å². The number of carbonyl (C=O) groups excluding carboxylic acids is 1. The van der Waals surface area contributed by atoms with Crippen LogP contribution in [-0.2, 0) is 12.0 Å². The molecule has 0 radical (unpaired) electrons. The minimum atomic E-state index is -0.114. The van der Waals surface area contributed by atoms with E-state index in [4.69, 9.17) is 0 Å². The molecule has 0 saturated heterocycles. The van der Waals surface area contributed by atoms with Crippen molar-refractivity contribution in [3.63, 3.8) is 0 Å². The number of nitrogens with one attached hydrogen (secondary N) is 1. The highest BCUT2D eigenvalue weighted by Gasteiger charge is 2.37. The lowest BCUT2D eigenvalue weighted by molar-refractivity contribution is 0.169. The van der Waals surface area contributed by atoms with E-state index in [1.807, 2.05) is 17.0 Å². The zero-order valence-corrected chi connectivity index (χ0v) is 25.2. The first kappa shape index (κ1) is 29.5. The summed E-state index contributed by atoms with van der Waals surface area (Å²) in [7, 11) is 4.16. The van der Waals surface area contributed by atoms with E-state index >= 15 is 0 Å². The number of phenols is 1. The third kappa shape index (κ3) is 6.80. The number of para-hydroxylation sites is 1. The van der Waals surface area contributed by atoms with Gasteiger partial charge in [0.25, 0.3) is 0 Å². The van der Waals surface area contributed by atoms with Gasteiger partial charge in [-0.2, -0.15) is 0 Å². The van der Waals surface area contributed by atoms with Gasteiger partial charge in [0.15, 0.2) is 0 Å². The van der Waals surface area contributed by atoms with Crippen molar-refractivity contribution in [2.24, 2.45) is 0 Å². The Labute approximate surface area is 241 Å². The molecule has 3 aromatic rings. The Morgan fingerprint density at radius 2 is 1.48 bits per heavy atom. The third-order valence-electron chi connectivity index (χ3n) is 8.48. The minimum Gasteiger partial charge on any atom is -0.508 e. The van der Waals surface area contributed by atoms with Crippen molar-refractivity contribution in [3.8, 4) is 5.75 Å². The van der Waals surface area contributed by atoms with Crippen LogP contribution in [0.1, 0.15) is 93.9 Å². The number of phenolic OH excluding ortho intramolecular Hbond substituents is 1.